The highest BCUT2D eigenvalue weighted by molar-refractivity contribution is 6.44. The molecule has 2 aromatic carbocycles. The van der Waals surface area contributed by atoms with Gasteiger partial charge in [-0.05, 0) is 36.6 Å². The van der Waals surface area contributed by atoms with Crippen LogP contribution in [0.3, 0.4) is 0 Å². The molecule has 162 valence electrons. The number of para-hydroxylation sites is 1. The van der Waals surface area contributed by atoms with Crippen LogP contribution in [-0.2, 0) is 22.4 Å². The Kier molecular flexibility index (Phi) is 7.76. The van der Waals surface area contributed by atoms with Crippen LogP contribution >= 0.6 is 34.8 Å². The number of carbonyl (C=O) groups is 2. The van der Waals surface area contributed by atoms with Crippen molar-refractivity contribution in [1.29, 1.82) is 0 Å². The summed E-state index contributed by atoms with van der Waals surface area (Å²) in [6.45, 7) is 3.56. The highest BCUT2D eigenvalue weighted by Gasteiger charge is 2.21. The van der Waals surface area contributed by atoms with Gasteiger partial charge in [-0.3, -0.25) is 9.78 Å². The third-order valence-electron chi connectivity index (χ3n) is 4.74. The van der Waals surface area contributed by atoms with E-state index < -0.39 is 18.5 Å². The van der Waals surface area contributed by atoms with Gasteiger partial charge in [0.15, 0.2) is 6.61 Å². The maximum Gasteiger partial charge on any atom is 0.339 e. The molecular formula is C23H21Cl3N2O3. The van der Waals surface area contributed by atoms with E-state index >= 15 is 0 Å². The van der Waals surface area contributed by atoms with Gasteiger partial charge in [-0.25, -0.2) is 4.79 Å². The van der Waals surface area contributed by atoms with Gasteiger partial charge in [-0.1, -0.05) is 73.3 Å². The Hall–Kier alpha value is -2.34. The number of amides is 1. The Morgan fingerprint density at radius 2 is 1.74 bits per heavy atom. The van der Waals surface area contributed by atoms with Crippen LogP contribution in [-0.4, -0.2) is 23.5 Å². The van der Waals surface area contributed by atoms with Crippen molar-refractivity contribution in [2.45, 2.75) is 33.1 Å². The largest absolute Gasteiger partial charge is 0.452 e. The third-order valence-corrected chi connectivity index (χ3v) is 5.78. The van der Waals surface area contributed by atoms with Crippen LogP contribution in [0.15, 0.2) is 36.4 Å². The van der Waals surface area contributed by atoms with E-state index in [9.17, 15) is 9.59 Å². The molecule has 31 heavy (non-hydrogen) atoms. The molecule has 0 spiro atoms. The molecule has 0 fully saturated rings. The second kappa shape index (κ2) is 10.3. The number of carbonyl (C=O) groups excluding carboxylic acids is 2. The smallest absolute Gasteiger partial charge is 0.339 e. The fraction of sp³-hybridized carbons (Fsp3) is 0.261. The predicted octanol–water partition coefficient (Wildman–Crippen LogP) is 6.51. The predicted molar refractivity (Wildman–Crippen MR) is 126 cm³/mol. The molecule has 8 heteroatoms. The number of aryl methyl sites for hydroxylation is 1. The van der Waals surface area contributed by atoms with Gasteiger partial charge in [0.1, 0.15) is 0 Å². The average Bonchev–Trinajstić information content (AvgIpc) is 2.75. The lowest BCUT2D eigenvalue weighted by Gasteiger charge is -2.15. The van der Waals surface area contributed by atoms with Crippen LogP contribution in [0.4, 0.5) is 5.69 Å². The summed E-state index contributed by atoms with van der Waals surface area (Å²) in [5, 5.41) is 4.03. The quantitative estimate of drug-likeness (QED) is 0.310. The van der Waals surface area contributed by atoms with Crippen molar-refractivity contribution < 1.29 is 14.3 Å². The van der Waals surface area contributed by atoms with E-state index in [2.05, 4.69) is 12.2 Å². The number of rotatable bonds is 7. The SMILES string of the molecule is CCCc1nc2ccccc2c(C(=O)OCC(=O)Nc2cc(Cl)c(Cl)cc2Cl)c1CC. The normalized spacial score (nSPS) is 10.9. The summed E-state index contributed by atoms with van der Waals surface area (Å²) >= 11 is 18.0. The Labute approximate surface area is 195 Å². The number of ether oxygens (including phenoxy) is 1. The van der Waals surface area contributed by atoms with Crippen LogP contribution in [0.2, 0.25) is 15.1 Å². The van der Waals surface area contributed by atoms with E-state index in [0.29, 0.717) is 17.4 Å². The fourth-order valence-electron chi connectivity index (χ4n) is 3.37. The molecule has 0 aliphatic carbocycles. The van der Waals surface area contributed by atoms with Crippen LogP contribution in [0.5, 0.6) is 0 Å². The highest BCUT2D eigenvalue weighted by Crippen LogP contribution is 2.32. The molecule has 1 N–H and O–H groups in total. The molecule has 1 amide bonds. The Balaban J connectivity index is 1.83. The monoisotopic (exact) mass is 478 g/mol. The number of hydrogen-bond donors (Lipinski definition) is 1. The number of nitrogens with one attached hydrogen (secondary N) is 1. The molecule has 3 rings (SSSR count). The summed E-state index contributed by atoms with van der Waals surface area (Å²) in [7, 11) is 0. The van der Waals surface area contributed by atoms with Crippen molar-refractivity contribution in [3.05, 3.63) is 68.3 Å². The van der Waals surface area contributed by atoms with Crippen molar-refractivity contribution in [3.63, 3.8) is 0 Å². The number of pyridine rings is 1. The van der Waals surface area contributed by atoms with E-state index in [1.807, 2.05) is 31.2 Å². The van der Waals surface area contributed by atoms with Crippen LogP contribution < -0.4 is 5.32 Å². The van der Waals surface area contributed by atoms with E-state index in [1.54, 1.807) is 0 Å². The average molecular weight is 480 g/mol. The lowest BCUT2D eigenvalue weighted by molar-refractivity contribution is -0.119. The molecule has 0 bridgehead atoms. The standard InChI is InChI=1S/C23H21Cl3N2O3/c1-3-7-18-13(4-2)22(14-8-5-6-9-19(14)27-18)23(30)31-12-21(29)28-20-11-16(25)15(24)10-17(20)26/h5-6,8-11H,3-4,7,12H2,1-2H3,(H,28,29). The first kappa shape index (κ1) is 23.3. The summed E-state index contributed by atoms with van der Waals surface area (Å²) in [5.74, 6) is -1.11. The molecule has 0 saturated carbocycles. The molecule has 0 saturated heterocycles. The number of esters is 1. The van der Waals surface area contributed by atoms with Crippen molar-refractivity contribution in [1.82, 2.24) is 4.98 Å². The third kappa shape index (κ3) is 5.29. The van der Waals surface area contributed by atoms with Gasteiger partial charge in [0, 0.05) is 11.1 Å². The Morgan fingerprint density at radius 1 is 1.03 bits per heavy atom. The van der Waals surface area contributed by atoms with Gasteiger partial charge in [-0.15, -0.1) is 0 Å². The number of nitrogens with zero attached hydrogens (tertiary/aromatic N) is 1. The minimum Gasteiger partial charge on any atom is -0.452 e. The molecular weight excluding hydrogens is 459 g/mol. The number of benzene rings is 2. The summed E-state index contributed by atoms with van der Waals surface area (Å²) in [5.41, 5.74) is 3.19. The second-order valence-corrected chi connectivity index (χ2v) is 8.12. The van der Waals surface area contributed by atoms with Gasteiger partial charge in [0.05, 0.1) is 31.8 Å². The first-order valence-corrected chi connectivity index (χ1v) is 11.0. The van der Waals surface area contributed by atoms with Crippen LogP contribution in [0, 0.1) is 0 Å². The topological polar surface area (TPSA) is 68.3 Å². The van der Waals surface area contributed by atoms with Crippen molar-refractivity contribution >= 4 is 63.3 Å². The lowest BCUT2D eigenvalue weighted by atomic mass is 9.96. The van der Waals surface area contributed by atoms with Crippen LogP contribution in [0.1, 0.15) is 41.9 Å². The minimum absolute atomic E-state index is 0.228. The first-order valence-electron chi connectivity index (χ1n) is 9.87. The zero-order valence-electron chi connectivity index (χ0n) is 17.1. The van der Waals surface area contributed by atoms with E-state index in [4.69, 9.17) is 44.5 Å². The minimum atomic E-state index is -0.566. The maximum absolute atomic E-state index is 13.0. The number of aromatic nitrogens is 1. The summed E-state index contributed by atoms with van der Waals surface area (Å²) in [4.78, 5) is 30.1. The molecule has 1 aromatic heterocycles. The zero-order valence-corrected chi connectivity index (χ0v) is 19.4. The lowest BCUT2D eigenvalue weighted by Crippen LogP contribution is -2.22. The molecule has 0 atom stereocenters. The van der Waals surface area contributed by atoms with Crippen molar-refractivity contribution in [2.75, 3.05) is 11.9 Å². The molecule has 5 nitrogen and oxygen atoms in total. The second-order valence-electron chi connectivity index (χ2n) is 6.90. The first-order chi connectivity index (χ1) is 14.8. The van der Waals surface area contributed by atoms with Gasteiger partial charge in [-0.2, -0.15) is 0 Å². The van der Waals surface area contributed by atoms with Crippen LogP contribution in [0.25, 0.3) is 10.9 Å². The van der Waals surface area contributed by atoms with Gasteiger partial charge < -0.3 is 10.1 Å². The van der Waals surface area contributed by atoms with E-state index in [-0.39, 0.29) is 20.8 Å². The Bertz CT molecular complexity index is 1150. The molecule has 0 unspecified atom stereocenters. The Morgan fingerprint density at radius 3 is 2.45 bits per heavy atom. The van der Waals surface area contributed by atoms with Gasteiger partial charge in [0.25, 0.3) is 5.91 Å². The number of hydrogen-bond acceptors (Lipinski definition) is 4. The molecule has 0 radical (unpaired) electrons. The van der Waals surface area contributed by atoms with E-state index in [1.165, 1.54) is 12.1 Å². The number of fused-ring (bicyclic) bond motifs is 1. The molecule has 1 heterocycles. The fourth-order valence-corrected chi connectivity index (χ4v) is 3.96. The molecule has 0 aliphatic rings. The van der Waals surface area contributed by atoms with Gasteiger partial charge in [0.2, 0.25) is 0 Å². The molecule has 0 aliphatic heterocycles. The zero-order chi connectivity index (χ0) is 22.5. The summed E-state index contributed by atoms with van der Waals surface area (Å²) in [6, 6.07) is 10.3. The highest BCUT2D eigenvalue weighted by atomic mass is 35.5. The van der Waals surface area contributed by atoms with Gasteiger partial charge >= 0.3 is 5.97 Å². The number of halogens is 3. The van der Waals surface area contributed by atoms with Crippen molar-refractivity contribution in [2.24, 2.45) is 0 Å². The molecule has 3 aromatic rings. The summed E-state index contributed by atoms with van der Waals surface area (Å²) < 4.78 is 5.36. The van der Waals surface area contributed by atoms with Crippen molar-refractivity contribution in [3.8, 4) is 0 Å². The maximum atomic E-state index is 13.0. The van der Waals surface area contributed by atoms with E-state index in [0.717, 1.165) is 29.6 Å². The number of anilines is 1. The summed E-state index contributed by atoms with van der Waals surface area (Å²) in [6.07, 6.45) is 2.28.